The fourth-order valence-corrected chi connectivity index (χ4v) is 2.87. The molecule has 6 heteroatoms. The van der Waals surface area contributed by atoms with Crippen LogP contribution in [0.5, 0.6) is 5.75 Å². The Bertz CT molecular complexity index is 778. The van der Waals surface area contributed by atoms with Crippen LogP contribution >= 0.6 is 11.6 Å². The fourth-order valence-electron chi connectivity index (χ4n) is 2.68. The van der Waals surface area contributed by atoms with E-state index in [1.807, 2.05) is 18.2 Å². The summed E-state index contributed by atoms with van der Waals surface area (Å²) in [5.41, 5.74) is 2.40. The van der Waals surface area contributed by atoms with E-state index >= 15 is 0 Å². The Hall–Kier alpha value is -2.53. The minimum Gasteiger partial charge on any atom is -0.480 e. The Morgan fingerprint density at radius 1 is 1.00 bits per heavy atom. The normalized spacial score (nSPS) is 13.1. The summed E-state index contributed by atoms with van der Waals surface area (Å²) in [5.74, 6) is -0.411. The summed E-state index contributed by atoms with van der Waals surface area (Å²) in [4.78, 5) is 25.7. The number of rotatable bonds is 5. The molecule has 0 N–H and O–H groups in total. The molecular weight excluding hydrogens is 342 g/mol. The monoisotopic (exact) mass is 359 g/mol. The number of esters is 1. The highest BCUT2D eigenvalue weighted by Gasteiger charge is 2.21. The molecule has 0 atom stereocenters. The Morgan fingerprint density at radius 2 is 1.72 bits per heavy atom. The number of carbonyl (C=O) groups excluding carboxylic acids is 2. The van der Waals surface area contributed by atoms with Crippen LogP contribution in [0, 0.1) is 0 Å². The zero-order valence-corrected chi connectivity index (χ0v) is 14.4. The molecule has 2 aromatic rings. The standard InChI is InChI=1S/C19H18ClNO4/c20-16-7-3-4-8-17(16)24-13-19(23)25-12-18(22)21-10-9-14-5-1-2-6-15(14)11-21/h1-8H,9-13H2. The molecule has 0 saturated heterocycles. The first-order valence-corrected chi connectivity index (χ1v) is 8.39. The molecule has 0 spiro atoms. The van der Waals surface area contributed by atoms with Gasteiger partial charge in [0.25, 0.3) is 5.91 Å². The van der Waals surface area contributed by atoms with Gasteiger partial charge in [0.1, 0.15) is 5.75 Å². The van der Waals surface area contributed by atoms with Gasteiger partial charge < -0.3 is 14.4 Å². The Kier molecular flexibility index (Phi) is 5.56. The Labute approximate surface area is 151 Å². The first kappa shape index (κ1) is 17.3. The van der Waals surface area contributed by atoms with Crippen molar-refractivity contribution in [1.82, 2.24) is 4.90 Å². The van der Waals surface area contributed by atoms with Gasteiger partial charge in [-0.2, -0.15) is 0 Å². The molecule has 0 saturated carbocycles. The molecule has 1 aliphatic rings. The number of carbonyl (C=O) groups is 2. The number of hydrogen-bond acceptors (Lipinski definition) is 4. The average Bonchev–Trinajstić information content (AvgIpc) is 2.65. The van der Waals surface area contributed by atoms with Crippen LogP contribution in [0.25, 0.3) is 0 Å². The number of amides is 1. The lowest BCUT2D eigenvalue weighted by atomic mass is 10.00. The van der Waals surface area contributed by atoms with Crippen molar-refractivity contribution >= 4 is 23.5 Å². The minimum absolute atomic E-state index is 0.208. The highest BCUT2D eigenvalue weighted by Crippen LogP contribution is 2.23. The van der Waals surface area contributed by atoms with Gasteiger partial charge in [0.2, 0.25) is 0 Å². The van der Waals surface area contributed by atoms with Crippen molar-refractivity contribution < 1.29 is 19.1 Å². The number of hydrogen-bond donors (Lipinski definition) is 0. The molecule has 0 unspecified atom stereocenters. The van der Waals surface area contributed by atoms with Gasteiger partial charge in [-0.15, -0.1) is 0 Å². The molecule has 0 bridgehead atoms. The number of nitrogens with zero attached hydrogens (tertiary/aromatic N) is 1. The molecular formula is C19H18ClNO4. The highest BCUT2D eigenvalue weighted by molar-refractivity contribution is 6.32. The van der Waals surface area contributed by atoms with Crippen molar-refractivity contribution in [3.63, 3.8) is 0 Å². The first-order valence-electron chi connectivity index (χ1n) is 8.01. The highest BCUT2D eigenvalue weighted by atomic mass is 35.5. The largest absolute Gasteiger partial charge is 0.480 e. The van der Waals surface area contributed by atoms with Crippen molar-refractivity contribution in [2.24, 2.45) is 0 Å². The molecule has 130 valence electrons. The Balaban J connectivity index is 1.45. The first-order chi connectivity index (χ1) is 12.1. The summed E-state index contributed by atoms with van der Waals surface area (Å²) in [6.07, 6.45) is 0.811. The maximum atomic E-state index is 12.2. The number of para-hydroxylation sites is 1. The SMILES string of the molecule is O=C(COc1ccccc1Cl)OCC(=O)N1CCc2ccccc2C1. The van der Waals surface area contributed by atoms with E-state index in [1.165, 1.54) is 5.56 Å². The van der Waals surface area contributed by atoms with Gasteiger partial charge >= 0.3 is 5.97 Å². The second-order valence-corrected chi connectivity index (χ2v) is 6.12. The zero-order chi connectivity index (χ0) is 17.6. The van der Waals surface area contributed by atoms with E-state index in [0.29, 0.717) is 23.9 Å². The zero-order valence-electron chi connectivity index (χ0n) is 13.6. The van der Waals surface area contributed by atoms with Crippen LogP contribution in [0.1, 0.15) is 11.1 Å². The van der Waals surface area contributed by atoms with E-state index in [-0.39, 0.29) is 19.1 Å². The van der Waals surface area contributed by atoms with Gasteiger partial charge in [0.05, 0.1) is 5.02 Å². The molecule has 0 radical (unpaired) electrons. The van der Waals surface area contributed by atoms with Crippen LogP contribution in [-0.2, 0) is 27.3 Å². The quantitative estimate of drug-likeness (QED) is 0.770. The third kappa shape index (κ3) is 4.51. The molecule has 1 amide bonds. The van der Waals surface area contributed by atoms with Gasteiger partial charge in [-0.05, 0) is 29.7 Å². The van der Waals surface area contributed by atoms with E-state index in [2.05, 4.69) is 6.07 Å². The predicted octanol–water partition coefficient (Wildman–Crippen LogP) is 2.85. The van der Waals surface area contributed by atoms with Crippen LogP contribution in [0.4, 0.5) is 0 Å². The number of benzene rings is 2. The van der Waals surface area contributed by atoms with Gasteiger partial charge in [0.15, 0.2) is 13.2 Å². The van der Waals surface area contributed by atoms with Crippen molar-refractivity contribution in [3.8, 4) is 5.75 Å². The number of ether oxygens (including phenoxy) is 2. The van der Waals surface area contributed by atoms with Crippen LogP contribution in [0.2, 0.25) is 5.02 Å². The van der Waals surface area contributed by atoms with Crippen molar-refractivity contribution in [2.75, 3.05) is 19.8 Å². The molecule has 2 aromatic carbocycles. The van der Waals surface area contributed by atoms with Crippen molar-refractivity contribution in [2.45, 2.75) is 13.0 Å². The summed E-state index contributed by atoms with van der Waals surface area (Å²) in [6.45, 7) is 0.596. The maximum Gasteiger partial charge on any atom is 0.344 e. The van der Waals surface area contributed by atoms with E-state index in [1.54, 1.807) is 29.2 Å². The second kappa shape index (κ2) is 8.03. The predicted molar refractivity (Wildman–Crippen MR) is 93.5 cm³/mol. The third-order valence-electron chi connectivity index (χ3n) is 4.02. The second-order valence-electron chi connectivity index (χ2n) is 5.71. The molecule has 5 nitrogen and oxygen atoms in total. The van der Waals surface area contributed by atoms with Crippen LogP contribution in [-0.4, -0.2) is 36.5 Å². The maximum absolute atomic E-state index is 12.2. The van der Waals surface area contributed by atoms with Crippen LogP contribution in [0.15, 0.2) is 48.5 Å². The molecule has 3 rings (SSSR count). The van der Waals surface area contributed by atoms with E-state index in [9.17, 15) is 9.59 Å². The van der Waals surface area contributed by atoms with Gasteiger partial charge in [-0.3, -0.25) is 4.79 Å². The minimum atomic E-state index is -0.606. The van der Waals surface area contributed by atoms with Crippen molar-refractivity contribution in [3.05, 3.63) is 64.7 Å². The fraction of sp³-hybridized carbons (Fsp3) is 0.263. The number of fused-ring (bicyclic) bond motifs is 1. The van der Waals surface area contributed by atoms with Gasteiger partial charge in [0, 0.05) is 13.1 Å². The summed E-state index contributed by atoms with van der Waals surface area (Å²) >= 11 is 5.94. The molecule has 1 aliphatic heterocycles. The van der Waals surface area contributed by atoms with Crippen LogP contribution in [0.3, 0.4) is 0 Å². The smallest absolute Gasteiger partial charge is 0.344 e. The average molecular weight is 360 g/mol. The van der Waals surface area contributed by atoms with Crippen molar-refractivity contribution in [1.29, 1.82) is 0 Å². The van der Waals surface area contributed by atoms with E-state index < -0.39 is 5.97 Å². The summed E-state index contributed by atoms with van der Waals surface area (Å²) in [5, 5.41) is 0.415. The lowest BCUT2D eigenvalue weighted by molar-refractivity contribution is -0.154. The van der Waals surface area contributed by atoms with Crippen LogP contribution < -0.4 is 4.74 Å². The Morgan fingerprint density at radius 3 is 2.52 bits per heavy atom. The summed E-state index contributed by atoms with van der Waals surface area (Å²) in [6, 6.07) is 14.9. The molecule has 1 heterocycles. The topological polar surface area (TPSA) is 55.8 Å². The number of halogens is 1. The molecule has 0 fully saturated rings. The summed E-state index contributed by atoms with van der Waals surface area (Å²) < 4.78 is 10.3. The van der Waals surface area contributed by atoms with Gasteiger partial charge in [-0.25, -0.2) is 4.79 Å². The molecule has 25 heavy (non-hydrogen) atoms. The van der Waals surface area contributed by atoms with E-state index in [4.69, 9.17) is 21.1 Å². The summed E-state index contributed by atoms with van der Waals surface area (Å²) in [7, 11) is 0. The lowest BCUT2D eigenvalue weighted by Gasteiger charge is -2.28. The molecule has 0 aromatic heterocycles. The van der Waals surface area contributed by atoms with E-state index in [0.717, 1.165) is 12.0 Å². The lowest BCUT2D eigenvalue weighted by Crippen LogP contribution is -2.38. The molecule has 0 aliphatic carbocycles. The third-order valence-corrected chi connectivity index (χ3v) is 4.33. The van der Waals surface area contributed by atoms with Gasteiger partial charge in [-0.1, -0.05) is 48.0 Å².